The fourth-order valence-electron chi connectivity index (χ4n) is 2.68. The van der Waals surface area contributed by atoms with Gasteiger partial charge in [0.2, 0.25) is 0 Å². The van der Waals surface area contributed by atoms with Gasteiger partial charge in [0.1, 0.15) is 5.60 Å². The fraction of sp³-hybridized carbons (Fsp3) is 0.250. The van der Waals surface area contributed by atoms with Crippen molar-refractivity contribution in [3.63, 3.8) is 0 Å². The molecule has 1 aliphatic rings. The van der Waals surface area contributed by atoms with Crippen molar-refractivity contribution in [1.29, 1.82) is 0 Å². The third-order valence-corrected chi connectivity index (χ3v) is 3.50. The molecule has 0 aromatic heterocycles. The molecule has 3 rings (SSSR count). The van der Waals surface area contributed by atoms with Crippen LogP contribution >= 0.6 is 0 Å². The van der Waals surface area contributed by atoms with Crippen LogP contribution in [0.2, 0.25) is 0 Å². The third-order valence-electron chi connectivity index (χ3n) is 3.50. The van der Waals surface area contributed by atoms with Gasteiger partial charge in [-0.2, -0.15) is 0 Å². The number of ether oxygens (including phenoxy) is 1. The molecular weight excluding hydrogens is 208 g/mol. The van der Waals surface area contributed by atoms with Crippen LogP contribution in [0.15, 0.2) is 60.7 Å². The summed E-state index contributed by atoms with van der Waals surface area (Å²) in [7, 11) is 0. The van der Waals surface area contributed by atoms with Crippen LogP contribution in [0.1, 0.15) is 24.0 Å². The maximum atomic E-state index is 6.11. The number of benzene rings is 2. The lowest BCUT2D eigenvalue weighted by Crippen LogP contribution is -2.26. The first kappa shape index (κ1) is 10.5. The standard InChI is InChI=1S/C16H16O/c1-3-8-14(9-4-1)16(12-7-13-17-16)15-10-5-2-6-11-15/h1-6,8-11H,7,12-13H2. The van der Waals surface area contributed by atoms with Gasteiger partial charge in [-0.05, 0) is 24.0 Å². The second-order valence-electron chi connectivity index (χ2n) is 4.51. The van der Waals surface area contributed by atoms with E-state index in [-0.39, 0.29) is 5.60 Å². The molecule has 0 radical (unpaired) electrons. The Morgan fingerprint density at radius 1 is 0.765 bits per heavy atom. The first-order chi connectivity index (χ1) is 8.42. The average molecular weight is 224 g/mol. The summed E-state index contributed by atoms with van der Waals surface area (Å²) >= 11 is 0. The number of hydrogen-bond donors (Lipinski definition) is 0. The molecule has 0 aliphatic carbocycles. The second kappa shape index (κ2) is 4.34. The van der Waals surface area contributed by atoms with E-state index in [1.807, 2.05) is 0 Å². The Balaban J connectivity index is 2.11. The molecule has 0 unspecified atom stereocenters. The molecule has 1 saturated heterocycles. The van der Waals surface area contributed by atoms with Gasteiger partial charge in [-0.3, -0.25) is 0 Å². The second-order valence-corrected chi connectivity index (χ2v) is 4.51. The summed E-state index contributed by atoms with van der Waals surface area (Å²) in [6, 6.07) is 21.1. The monoisotopic (exact) mass is 224 g/mol. The summed E-state index contributed by atoms with van der Waals surface area (Å²) in [5, 5.41) is 0. The van der Waals surface area contributed by atoms with Gasteiger partial charge >= 0.3 is 0 Å². The highest BCUT2D eigenvalue weighted by atomic mass is 16.5. The number of rotatable bonds is 2. The predicted octanol–water partition coefficient (Wildman–Crippen LogP) is 3.74. The molecule has 0 atom stereocenters. The van der Waals surface area contributed by atoms with Gasteiger partial charge in [-0.25, -0.2) is 0 Å². The zero-order valence-electron chi connectivity index (χ0n) is 9.80. The van der Waals surface area contributed by atoms with Crippen molar-refractivity contribution in [3.05, 3.63) is 71.8 Å². The molecule has 1 fully saturated rings. The molecule has 0 bridgehead atoms. The van der Waals surface area contributed by atoms with Crippen LogP contribution in [0, 0.1) is 0 Å². The molecule has 0 amide bonds. The smallest absolute Gasteiger partial charge is 0.118 e. The molecule has 1 aliphatic heterocycles. The van der Waals surface area contributed by atoms with E-state index in [9.17, 15) is 0 Å². The van der Waals surface area contributed by atoms with Crippen LogP contribution < -0.4 is 0 Å². The summed E-state index contributed by atoms with van der Waals surface area (Å²) < 4.78 is 6.11. The van der Waals surface area contributed by atoms with Gasteiger partial charge in [0.15, 0.2) is 0 Å². The number of hydrogen-bond acceptors (Lipinski definition) is 1. The lowest BCUT2D eigenvalue weighted by molar-refractivity contribution is 0.0360. The van der Waals surface area contributed by atoms with Crippen molar-refractivity contribution in [2.75, 3.05) is 6.61 Å². The molecule has 1 heterocycles. The normalized spacial score (nSPS) is 18.1. The molecular formula is C16H16O. The van der Waals surface area contributed by atoms with Crippen LogP contribution in [0.3, 0.4) is 0 Å². The van der Waals surface area contributed by atoms with Crippen molar-refractivity contribution >= 4 is 0 Å². The maximum absolute atomic E-state index is 6.11. The summed E-state index contributed by atoms with van der Waals surface area (Å²) in [6.07, 6.45) is 2.20. The summed E-state index contributed by atoms with van der Waals surface area (Å²) in [5.74, 6) is 0. The van der Waals surface area contributed by atoms with E-state index in [1.54, 1.807) is 0 Å². The maximum Gasteiger partial charge on any atom is 0.118 e. The topological polar surface area (TPSA) is 9.23 Å². The van der Waals surface area contributed by atoms with E-state index < -0.39 is 0 Å². The summed E-state index contributed by atoms with van der Waals surface area (Å²) in [5.41, 5.74) is 2.31. The van der Waals surface area contributed by atoms with Crippen LogP contribution in [-0.2, 0) is 10.3 Å². The Morgan fingerprint density at radius 2 is 1.29 bits per heavy atom. The highest BCUT2D eigenvalue weighted by molar-refractivity contribution is 5.37. The first-order valence-corrected chi connectivity index (χ1v) is 6.17. The van der Waals surface area contributed by atoms with Gasteiger partial charge in [0.05, 0.1) is 0 Å². The van der Waals surface area contributed by atoms with Crippen molar-refractivity contribution in [3.8, 4) is 0 Å². The Bertz CT molecular complexity index is 428. The zero-order valence-corrected chi connectivity index (χ0v) is 9.80. The Labute approximate surface area is 102 Å². The first-order valence-electron chi connectivity index (χ1n) is 6.17. The van der Waals surface area contributed by atoms with E-state index in [0.29, 0.717) is 0 Å². The van der Waals surface area contributed by atoms with Crippen LogP contribution in [0.5, 0.6) is 0 Å². The minimum atomic E-state index is -0.220. The van der Waals surface area contributed by atoms with Gasteiger partial charge in [-0.15, -0.1) is 0 Å². The predicted molar refractivity (Wildman–Crippen MR) is 68.9 cm³/mol. The Hall–Kier alpha value is -1.60. The lowest BCUT2D eigenvalue weighted by Gasteiger charge is -2.29. The van der Waals surface area contributed by atoms with Crippen molar-refractivity contribution in [2.45, 2.75) is 18.4 Å². The fourth-order valence-corrected chi connectivity index (χ4v) is 2.68. The van der Waals surface area contributed by atoms with Gasteiger partial charge in [-0.1, -0.05) is 60.7 Å². The van der Waals surface area contributed by atoms with Crippen molar-refractivity contribution in [1.82, 2.24) is 0 Å². The molecule has 2 aromatic carbocycles. The average Bonchev–Trinajstić information content (AvgIpc) is 2.91. The molecule has 2 aromatic rings. The van der Waals surface area contributed by atoms with E-state index in [2.05, 4.69) is 60.7 Å². The highest BCUT2D eigenvalue weighted by Crippen LogP contribution is 2.41. The zero-order chi connectivity index (χ0) is 11.6. The Kier molecular flexibility index (Phi) is 2.69. The van der Waals surface area contributed by atoms with E-state index >= 15 is 0 Å². The van der Waals surface area contributed by atoms with Crippen LogP contribution in [0.4, 0.5) is 0 Å². The molecule has 1 nitrogen and oxygen atoms in total. The molecule has 0 N–H and O–H groups in total. The van der Waals surface area contributed by atoms with Crippen LogP contribution in [-0.4, -0.2) is 6.61 Å². The van der Waals surface area contributed by atoms with Gasteiger partial charge < -0.3 is 4.74 Å². The highest BCUT2D eigenvalue weighted by Gasteiger charge is 2.38. The molecule has 1 heteroatoms. The van der Waals surface area contributed by atoms with E-state index in [4.69, 9.17) is 4.74 Å². The Morgan fingerprint density at radius 3 is 1.71 bits per heavy atom. The SMILES string of the molecule is c1ccc(C2(c3ccccc3)CCCO2)cc1. The lowest BCUT2D eigenvalue weighted by atomic mass is 9.84. The van der Waals surface area contributed by atoms with E-state index in [1.165, 1.54) is 11.1 Å². The van der Waals surface area contributed by atoms with Crippen molar-refractivity contribution < 1.29 is 4.74 Å². The van der Waals surface area contributed by atoms with Crippen molar-refractivity contribution in [2.24, 2.45) is 0 Å². The van der Waals surface area contributed by atoms with Crippen LogP contribution in [0.25, 0.3) is 0 Å². The minimum Gasteiger partial charge on any atom is -0.366 e. The summed E-state index contributed by atoms with van der Waals surface area (Å²) in [6.45, 7) is 0.851. The molecule has 17 heavy (non-hydrogen) atoms. The molecule has 0 saturated carbocycles. The van der Waals surface area contributed by atoms with E-state index in [0.717, 1.165) is 19.4 Å². The minimum absolute atomic E-state index is 0.220. The largest absolute Gasteiger partial charge is 0.366 e. The van der Waals surface area contributed by atoms with Gasteiger partial charge in [0, 0.05) is 6.61 Å². The van der Waals surface area contributed by atoms with Gasteiger partial charge in [0.25, 0.3) is 0 Å². The molecule has 0 spiro atoms. The third kappa shape index (κ3) is 1.77. The quantitative estimate of drug-likeness (QED) is 0.755. The molecule has 86 valence electrons. The summed E-state index contributed by atoms with van der Waals surface area (Å²) in [4.78, 5) is 0.